The van der Waals surface area contributed by atoms with Gasteiger partial charge in [0.15, 0.2) is 34.7 Å². The SMILES string of the molecule is COc1cc2c(c(CC=C(C)C)c1OCC=C(C)C)O[C@H]1COc3cc4c(cc3[C@@]1(O)C2=O)OCO4. The normalized spacial score (nSPS) is 20.7. The number of hydrogen-bond donors (Lipinski definition) is 1. The molecule has 2 atom stereocenters. The van der Waals surface area contributed by atoms with Gasteiger partial charge in [-0.25, -0.2) is 0 Å². The maximum absolute atomic E-state index is 14.0. The van der Waals surface area contributed by atoms with Crippen molar-refractivity contribution in [3.05, 3.63) is 58.2 Å². The molecular formula is C28H30O8. The van der Waals surface area contributed by atoms with Crippen molar-refractivity contribution in [1.82, 2.24) is 0 Å². The minimum atomic E-state index is -1.97. The highest BCUT2D eigenvalue weighted by molar-refractivity contribution is 6.08. The number of hydrogen-bond acceptors (Lipinski definition) is 8. The molecule has 190 valence electrons. The molecule has 0 bridgehead atoms. The molecule has 8 heteroatoms. The Bertz CT molecular complexity index is 1280. The van der Waals surface area contributed by atoms with Gasteiger partial charge in [-0.05, 0) is 52.3 Å². The molecule has 36 heavy (non-hydrogen) atoms. The molecular weight excluding hydrogens is 464 g/mol. The van der Waals surface area contributed by atoms with Gasteiger partial charge in [-0.1, -0.05) is 17.2 Å². The number of carbonyl (C=O) groups excluding carboxylic acids is 1. The van der Waals surface area contributed by atoms with E-state index in [-0.39, 0.29) is 24.5 Å². The number of carbonyl (C=O) groups is 1. The zero-order valence-corrected chi connectivity index (χ0v) is 21.1. The van der Waals surface area contributed by atoms with E-state index in [4.69, 9.17) is 28.4 Å². The van der Waals surface area contributed by atoms with Crippen molar-refractivity contribution in [2.24, 2.45) is 0 Å². The van der Waals surface area contributed by atoms with Crippen molar-refractivity contribution >= 4 is 5.78 Å². The summed E-state index contributed by atoms with van der Waals surface area (Å²) in [6.07, 6.45) is 3.49. The molecule has 0 fully saturated rings. The quantitative estimate of drug-likeness (QED) is 0.587. The third-order valence-corrected chi connectivity index (χ3v) is 6.54. The molecule has 3 aliphatic heterocycles. The van der Waals surface area contributed by atoms with Crippen LogP contribution in [0.4, 0.5) is 0 Å². The molecule has 0 unspecified atom stereocenters. The van der Waals surface area contributed by atoms with Gasteiger partial charge in [0, 0.05) is 17.2 Å². The molecule has 0 spiro atoms. The summed E-state index contributed by atoms with van der Waals surface area (Å²) in [6, 6.07) is 4.81. The van der Waals surface area contributed by atoms with Crippen LogP contribution in [0.1, 0.15) is 49.2 Å². The molecule has 0 saturated heterocycles. The van der Waals surface area contributed by atoms with Crippen LogP contribution in [-0.2, 0) is 12.0 Å². The van der Waals surface area contributed by atoms with Crippen molar-refractivity contribution in [2.75, 3.05) is 27.1 Å². The molecule has 8 nitrogen and oxygen atoms in total. The zero-order chi connectivity index (χ0) is 25.6. The lowest BCUT2D eigenvalue weighted by atomic mass is 9.77. The fraction of sp³-hybridized carbons (Fsp3) is 0.393. The second kappa shape index (κ2) is 9.09. The fourth-order valence-electron chi connectivity index (χ4n) is 4.61. The highest BCUT2D eigenvalue weighted by Gasteiger charge is 2.57. The number of ether oxygens (including phenoxy) is 6. The first-order valence-corrected chi connectivity index (χ1v) is 11.9. The maximum atomic E-state index is 14.0. The highest BCUT2D eigenvalue weighted by Crippen LogP contribution is 2.52. The predicted octanol–water partition coefficient (Wildman–Crippen LogP) is 4.50. The Morgan fingerprint density at radius 2 is 1.78 bits per heavy atom. The van der Waals surface area contributed by atoms with Crippen molar-refractivity contribution in [3.63, 3.8) is 0 Å². The van der Waals surface area contributed by atoms with Gasteiger partial charge >= 0.3 is 0 Å². The van der Waals surface area contributed by atoms with Gasteiger partial charge in [0.25, 0.3) is 0 Å². The zero-order valence-electron chi connectivity index (χ0n) is 21.1. The number of aliphatic hydroxyl groups is 1. The van der Waals surface area contributed by atoms with E-state index in [9.17, 15) is 9.90 Å². The molecule has 0 aliphatic carbocycles. The monoisotopic (exact) mass is 494 g/mol. The standard InChI is InChI=1S/C28H30O8/c1-15(2)6-7-17-25-18(10-23(31-5)26(17)32-9-8-16(3)4)27(29)28(30)19-11-21-22(35-14-34-21)12-20(19)33-13-24(28)36-25/h6,8,10-12,24,30H,7,9,13-14H2,1-5H3/t24-,28-/m0/s1. The third kappa shape index (κ3) is 3.86. The summed E-state index contributed by atoms with van der Waals surface area (Å²) >= 11 is 0. The fourth-order valence-corrected chi connectivity index (χ4v) is 4.61. The molecule has 1 N–H and O–H groups in total. The third-order valence-electron chi connectivity index (χ3n) is 6.54. The van der Waals surface area contributed by atoms with Crippen LogP contribution in [0.25, 0.3) is 0 Å². The number of methoxy groups -OCH3 is 1. The molecule has 5 rings (SSSR count). The maximum Gasteiger partial charge on any atom is 0.231 e. The predicted molar refractivity (Wildman–Crippen MR) is 132 cm³/mol. The van der Waals surface area contributed by atoms with E-state index >= 15 is 0 Å². The lowest BCUT2D eigenvalue weighted by molar-refractivity contribution is -0.0803. The summed E-state index contributed by atoms with van der Waals surface area (Å²) in [6.45, 7) is 8.37. The highest BCUT2D eigenvalue weighted by atomic mass is 16.7. The lowest BCUT2D eigenvalue weighted by Gasteiger charge is -2.43. The number of ketones is 1. The van der Waals surface area contributed by atoms with Gasteiger partial charge in [0.05, 0.1) is 12.7 Å². The molecule has 3 heterocycles. The van der Waals surface area contributed by atoms with Gasteiger partial charge in [-0.3, -0.25) is 4.79 Å². The summed E-state index contributed by atoms with van der Waals surface area (Å²) in [5, 5.41) is 11.9. The molecule has 2 aromatic carbocycles. The van der Waals surface area contributed by atoms with Crippen molar-refractivity contribution in [1.29, 1.82) is 0 Å². The second-order valence-corrected chi connectivity index (χ2v) is 9.56. The second-order valence-electron chi connectivity index (χ2n) is 9.56. The number of Topliss-reactive ketones (excluding diaryl/α,β-unsaturated/α-hetero) is 1. The summed E-state index contributed by atoms with van der Waals surface area (Å²) in [4.78, 5) is 14.0. The first kappa shape index (κ1) is 24.1. The Labute approximate surface area is 210 Å². The smallest absolute Gasteiger partial charge is 0.231 e. The van der Waals surface area contributed by atoms with E-state index in [1.807, 2.05) is 39.8 Å². The first-order chi connectivity index (χ1) is 17.2. The van der Waals surface area contributed by atoms with E-state index in [1.54, 1.807) is 18.2 Å². The molecule has 3 aliphatic rings. The summed E-state index contributed by atoms with van der Waals surface area (Å²) < 4.78 is 35.0. The number of rotatable bonds is 6. The van der Waals surface area contributed by atoms with Crippen LogP contribution in [0.3, 0.4) is 0 Å². The Morgan fingerprint density at radius 3 is 2.47 bits per heavy atom. The molecule has 0 amide bonds. The average Bonchev–Trinajstić information content (AvgIpc) is 3.30. The minimum Gasteiger partial charge on any atom is -0.493 e. The van der Waals surface area contributed by atoms with E-state index in [0.717, 1.165) is 11.1 Å². The largest absolute Gasteiger partial charge is 0.493 e. The summed E-state index contributed by atoms with van der Waals surface area (Å²) in [5.74, 6) is 2.07. The van der Waals surface area contributed by atoms with E-state index in [0.29, 0.717) is 53.1 Å². The van der Waals surface area contributed by atoms with Crippen molar-refractivity contribution < 1.29 is 38.3 Å². The topological polar surface area (TPSA) is 92.7 Å². The van der Waals surface area contributed by atoms with Crippen LogP contribution >= 0.6 is 0 Å². The van der Waals surface area contributed by atoms with Gasteiger partial charge < -0.3 is 33.5 Å². The van der Waals surface area contributed by atoms with Gasteiger partial charge in [-0.2, -0.15) is 0 Å². The Balaban J connectivity index is 1.65. The Kier molecular flexibility index (Phi) is 6.08. The van der Waals surface area contributed by atoms with Gasteiger partial charge in [0.1, 0.15) is 24.7 Å². The van der Waals surface area contributed by atoms with Crippen molar-refractivity contribution in [3.8, 4) is 34.5 Å². The van der Waals surface area contributed by atoms with E-state index in [1.165, 1.54) is 7.11 Å². The molecule has 2 aromatic rings. The Morgan fingerprint density at radius 1 is 1.06 bits per heavy atom. The van der Waals surface area contributed by atoms with E-state index < -0.39 is 17.5 Å². The number of fused-ring (bicyclic) bond motifs is 5. The summed E-state index contributed by atoms with van der Waals surface area (Å²) in [7, 11) is 1.52. The number of benzene rings is 2. The van der Waals surface area contributed by atoms with Gasteiger partial charge in [0.2, 0.25) is 12.6 Å². The minimum absolute atomic E-state index is 0.0175. The number of allylic oxidation sites excluding steroid dienone is 3. The van der Waals surface area contributed by atoms with Crippen LogP contribution in [0, 0.1) is 0 Å². The summed E-state index contributed by atoms with van der Waals surface area (Å²) in [5.41, 5.74) is 1.44. The van der Waals surface area contributed by atoms with E-state index in [2.05, 4.69) is 0 Å². The first-order valence-electron chi connectivity index (χ1n) is 11.9. The van der Waals surface area contributed by atoms with Crippen LogP contribution in [-0.4, -0.2) is 44.1 Å². The van der Waals surface area contributed by atoms with Crippen LogP contribution < -0.4 is 28.4 Å². The molecule has 0 radical (unpaired) electrons. The average molecular weight is 495 g/mol. The lowest BCUT2D eigenvalue weighted by Crippen LogP contribution is -2.57. The molecule has 0 saturated carbocycles. The van der Waals surface area contributed by atoms with Crippen LogP contribution in [0.15, 0.2) is 41.5 Å². The van der Waals surface area contributed by atoms with Crippen molar-refractivity contribution in [2.45, 2.75) is 45.8 Å². The van der Waals surface area contributed by atoms with Crippen LogP contribution in [0.2, 0.25) is 0 Å². The van der Waals surface area contributed by atoms with Gasteiger partial charge in [-0.15, -0.1) is 0 Å². The van der Waals surface area contributed by atoms with Crippen LogP contribution in [0.5, 0.6) is 34.5 Å². The Hall–Kier alpha value is -3.65. The molecule has 0 aromatic heterocycles.